The van der Waals surface area contributed by atoms with Crippen LogP contribution in [0.5, 0.6) is 0 Å². The maximum Gasteiger partial charge on any atom is 0.0806 e. The topological polar surface area (TPSA) is 83.0 Å². The second kappa shape index (κ2) is 14.8. The summed E-state index contributed by atoms with van der Waals surface area (Å²) in [7, 11) is 3.88. The van der Waals surface area contributed by atoms with Gasteiger partial charge in [0, 0.05) is 38.7 Å². The van der Waals surface area contributed by atoms with E-state index in [2.05, 4.69) is 59.2 Å². The average Bonchev–Trinajstić information content (AvgIpc) is 3.50. The summed E-state index contributed by atoms with van der Waals surface area (Å²) in [5.41, 5.74) is 4.91. The fourth-order valence-electron chi connectivity index (χ4n) is 3.44. The number of benzene rings is 1. The van der Waals surface area contributed by atoms with Gasteiger partial charge in [-0.15, -0.1) is 0 Å². The molecule has 31 heavy (non-hydrogen) atoms. The van der Waals surface area contributed by atoms with Crippen LogP contribution in [-0.4, -0.2) is 62.9 Å². The number of nitrogens with one attached hydrogen (secondary N) is 2. The summed E-state index contributed by atoms with van der Waals surface area (Å²) in [4.78, 5) is 0. The van der Waals surface area contributed by atoms with Crippen molar-refractivity contribution in [3.05, 3.63) is 59.8 Å². The van der Waals surface area contributed by atoms with E-state index in [1.54, 1.807) is 0 Å². The van der Waals surface area contributed by atoms with Gasteiger partial charge in [0.25, 0.3) is 0 Å². The fourth-order valence-corrected chi connectivity index (χ4v) is 3.44. The molecule has 4 N–H and O–H groups in total. The third-order valence-electron chi connectivity index (χ3n) is 5.39. The highest BCUT2D eigenvalue weighted by atomic mass is 16.5. The monoisotopic (exact) mass is 430 g/mol. The van der Waals surface area contributed by atoms with Crippen LogP contribution in [-0.2, 0) is 9.47 Å². The van der Waals surface area contributed by atoms with Crippen LogP contribution in [0.15, 0.2) is 54.3 Å². The summed E-state index contributed by atoms with van der Waals surface area (Å²) in [6, 6.07) is 8.52. The van der Waals surface area contributed by atoms with Crippen molar-refractivity contribution < 1.29 is 19.7 Å². The first-order chi connectivity index (χ1) is 15.2. The molecule has 0 aromatic heterocycles. The molecule has 0 saturated carbocycles. The summed E-state index contributed by atoms with van der Waals surface area (Å²) >= 11 is 0. The van der Waals surface area contributed by atoms with E-state index < -0.39 is 0 Å². The molecule has 3 aliphatic rings. The largest absolute Gasteiger partial charge is 0.394 e. The molecule has 0 amide bonds. The predicted octanol–water partition coefficient (Wildman–Crippen LogP) is 3.49. The van der Waals surface area contributed by atoms with Gasteiger partial charge >= 0.3 is 0 Å². The number of allylic oxidation sites excluding steroid dienone is 5. The number of hydrogen-bond donors (Lipinski definition) is 4. The minimum absolute atomic E-state index is 0.153. The molecule has 172 valence electrons. The van der Waals surface area contributed by atoms with Crippen molar-refractivity contribution in [3.63, 3.8) is 0 Å². The van der Waals surface area contributed by atoms with Crippen LogP contribution >= 0.6 is 0 Å². The standard InChI is InChI=1S/C15H18N2.2C5H10O2/c1-16-14-5-3-4-12(6-9-14)13-7-10-15(17-2)11-8-13;2*6-4-5-2-1-3-7-5/h3,5-11,16-17H,4H2,1-2H3;2*5-6H,1-4H2. The molecule has 4 rings (SSSR count). The third-order valence-corrected chi connectivity index (χ3v) is 5.39. The molecule has 2 heterocycles. The van der Waals surface area contributed by atoms with Crippen LogP contribution in [0, 0.1) is 0 Å². The lowest BCUT2D eigenvalue weighted by molar-refractivity contribution is 0.0591. The second-order valence-electron chi connectivity index (χ2n) is 7.63. The van der Waals surface area contributed by atoms with Crippen LogP contribution in [0.2, 0.25) is 0 Å². The van der Waals surface area contributed by atoms with Crippen molar-refractivity contribution in [1.82, 2.24) is 5.32 Å². The minimum atomic E-state index is 0.153. The zero-order chi connectivity index (χ0) is 22.3. The van der Waals surface area contributed by atoms with Crippen LogP contribution in [0.25, 0.3) is 5.57 Å². The van der Waals surface area contributed by atoms with Gasteiger partial charge in [-0.1, -0.05) is 24.3 Å². The molecule has 2 atom stereocenters. The zero-order valence-electron chi connectivity index (χ0n) is 18.8. The Labute approximate surface area is 186 Å². The van der Waals surface area contributed by atoms with Gasteiger partial charge in [0.15, 0.2) is 0 Å². The molecule has 0 spiro atoms. The number of hydrogen-bond acceptors (Lipinski definition) is 6. The molecule has 6 heteroatoms. The maximum atomic E-state index is 8.44. The summed E-state index contributed by atoms with van der Waals surface area (Å²) in [6.45, 7) is 2.07. The molecule has 6 nitrogen and oxygen atoms in total. The lowest BCUT2D eigenvalue weighted by atomic mass is 10.0. The Bertz CT molecular complexity index is 685. The molecule has 1 aliphatic carbocycles. The Morgan fingerprint density at radius 3 is 1.90 bits per heavy atom. The second-order valence-corrected chi connectivity index (χ2v) is 7.63. The molecular formula is C25H38N2O4. The lowest BCUT2D eigenvalue weighted by Crippen LogP contribution is -2.09. The molecule has 2 fully saturated rings. The lowest BCUT2D eigenvalue weighted by Gasteiger charge is -2.05. The van der Waals surface area contributed by atoms with Gasteiger partial charge in [-0.2, -0.15) is 0 Å². The smallest absolute Gasteiger partial charge is 0.0806 e. The van der Waals surface area contributed by atoms with Crippen LogP contribution in [0.4, 0.5) is 5.69 Å². The maximum absolute atomic E-state index is 8.44. The average molecular weight is 431 g/mol. The van der Waals surface area contributed by atoms with E-state index in [4.69, 9.17) is 19.7 Å². The predicted molar refractivity (Wildman–Crippen MR) is 127 cm³/mol. The summed E-state index contributed by atoms with van der Waals surface area (Å²) in [5, 5.41) is 23.2. The zero-order valence-corrected chi connectivity index (χ0v) is 18.8. The molecule has 0 radical (unpaired) electrons. The van der Waals surface area contributed by atoms with Crippen LogP contribution < -0.4 is 10.6 Å². The fraction of sp³-hybridized carbons (Fsp3) is 0.520. The van der Waals surface area contributed by atoms with Crippen molar-refractivity contribution in [2.45, 2.75) is 44.3 Å². The van der Waals surface area contributed by atoms with Crippen LogP contribution in [0.1, 0.15) is 37.7 Å². The number of aliphatic hydroxyl groups is 2. The highest BCUT2D eigenvalue weighted by Gasteiger charge is 2.13. The quantitative estimate of drug-likeness (QED) is 0.572. The van der Waals surface area contributed by atoms with Gasteiger partial charge in [0.05, 0.1) is 25.4 Å². The summed E-state index contributed by atoms with van der Waals surface area (Å²) < 4.78 is 10.1. The van der Waals surface area contributed by atoms with Gasteiger partial charge < -0.3 is 30.3 Å². The van der Waals surface area contributed by atoms with E-state index in [1.807, 2.05) is 14.1 Å². The normalized spacial score (nSPS) is 22.2. The molecule has 0 bridgehead atoms. The number of aliphatic hydroxyl groups excluding tert-OH is 2. The van der Waals surface area contributed by atoms with E-state index in [-0.39, 0.29) is 25.4 Å². The number of anilines is 1. The molecule has 1 aromatic rings. The first-order valence-electron chi connectivity index (χ1n) is 11.2. The molecule has 1 aromatic carbocycles. The Morgan fingerprint density at radius 2 is 1.48 bits per heavy atom. The Hall–Kier alpha value is -2.12. The van der Waals surface area contributed by atoms with Gasteiger partial charge in [0.1, 0.15) is 0 Å². The SMILES string of the molecule is CNC1=CC=C(c2ccc(NC)cc2)CC=C1.OCC1CCCO1.OCC1CCCO1. The Kier molecular flexibility index (Phi) is 12.0. The molecule has 2 unspecified atom stereocenters. The number of ether oxygens (including phenoxy) is 2. The van der Waals surface area contributed by atoms with Gasteiger partial charge in [-0.05, 0) is 67.5 Å². The first kappa shape index (κ1) is 25.1. The Balaban J connectivity index is 0.000000199. The summed E-state index contributed by atoms with van der Waals surface area (Å²) in [6.07, 6.45) is 14.2. The third kappa shape index (κ3) is 9.27. The molecule has 2 aliphatic heterocycles. The van der Waals surface area contributed by atoms with Gasteiger partial charge in [0.2, 0.25) is 0 Å². The van der Waals surface area contributed by atoms with Crippen molar-refractivity contribution >= 4 is 11.3 Å². The van der Waals surface area contributed by atoms with E-state index in [0.29, 0.717) is 0 Å². The highest BCUT2D eigenvalue weighted by Crippen LogP contribution is 2.23. The molecular weight excluding hydrogens is 392 g/mol. The molecule has 2 saturated heterocycles. The van der Waals surface area contributed by atoms with E-state index >= 15 is 0 Å². The van der Waals surface area contributed by atoms with Crippen molar-refractivity contribution in [1.29, 1.82) is 0 Å². The van der Waals surface area contributed by atoms with Gasteiger partial charge in [-0.25, -0.2) is 0 Å². The van der Waals surface area contributed by atoms with Crippen LogP contribution in [0.3, 0.4) is 0 Å². The Morgan fingerprint density at radius 1 is 0.871 bits per heavy atom. The van der Waals surface area contributed by atoms with Gasteiger partial charge in [-0.3, -0.25) is 0 Å². The highest BCUT2D eigenvalue weighted by molar-refractivity contribution is 5.70. The summed E-state index contributed by atoms with van der Waals surface area (Å²) in [5.74, 6) is 0. The van der Waals surface area contributed by atoms with Crippen molar-refractivity contribution in [3.8, 4) is 0 Å². The van der Waals surface area contributed by atoms with Crippen molar-refractivity contribution in [2.24, 2.45) is 0 Å². The number of rotatable bonds is 5. The van der Waals surface area contributed by atoms with E-state index in [9.17, 15) is 0 Å². The number of likely N-dealkylation sites (N-methyl/N-ethyl adjacent to an activating group) is 1. The van der Waals surface area contributed by atoms with E-state index in [1.165, 1.54) is 11.1 Å². The van der Waals surface area contributed by atoms with E-state index in [0.717, 1.165) is 56.7 Å². The first-order valence-corrected chi connectivity index (χ1v) is 11.2. The minimum Gasteiger partial charge on any atom is -0.394 e. The van der Waals surface area contributed by atoms with Crippen molar-refractivity contribution in [2.75, 3.05) is 45.8 Å².